The summed E-state index contributed by atoms with van der Waals surface area (Å²) in [5.74, 6) is 0.211. The summed E-state index contributed by atoms with van der Waals surface area (Å²) in [5, 5.41) is 0. The van der Waals surface area contributed by atoms with Crippen molar-refractivity contribution >= 4 is 11.8 Å². The minimum atomic E-state index is -0.423. The van der Waals surface area contributed by atoms with Gasteiger partial charge >= 0.3 is 0 Å². The van der Waals surface area contributed by atoms with Gasteiger partial charge in [-0.3, -0.25) is 14.5 Å². The predicted molar refractivity (Wildman–Crippen MR) is 99.0 cm³/mol. The van der Waals surface area contributed by atoms with Crippen LogP contribution in [0.5, 0.6) is 0 Å². The first kappa shape index (κ1) is 18.4. The van der Waals surface area contributed by atoms with Crippen molar-refractivity contribution in [2.24, 2.45) is 0 Å². The van der Waals surface area contributed by atoms with E-state index in [9.17, 15) is 9.59 Å². The number of imidazole rings is 1. The van der Waals surface area contributed by atoms with Gasteiger partial charge in [-0.15, -0.1) is 0 Å². The molecular weight excluding hydrogens is 346 g/mol. The summed E-state index contributed by atoms with van der Waals surface area (Å²) >= 11 is 0. The molecule has 0 unspecified atom stereocenters. The van der Waals surface area contributed by atoms with E-state index in [-0.39, 0.29) is 18.4 Å². The second-order valence-electron chi connectivity index (χ2n) is 7.85. The average molecular weight is 375 g/mol. The number of H-pyrrole nitrogens is 1. The second kappa shape index (κ2) is 7.59. The van der Waals surface area contributed by atoms with E-state index in [1.165, 1.54) is 12.8 Å². The van der Waals surface area contributed by atoms with Crippen LogP contribution in [0, 0.1) is 0 Å². The Labute approximate surface area is 159 Å². The normalized spacial score (nSPS) is 22.3. The van der Waals surface area contributed by atoms with Crippen molar-refractivity contribution in [3.63, 3.8) is 0 Å². The van der Waals surface area contributed by atoms with Crippen molar-refractivity contribution in [3.8, 4) is 0 Å². The SMILES string of the molecule is COCC(=O)N1CCc2[nH]cnc2C12CCN(C(=O)CN1CCCC1)CC2. The summed E-state index contributed by atoms with van der Waals surface area (Å²) in [5.41, 5.74) is 1.67. The van der Waals surface area contributed by atoms with Crippen LogP contribution >= 0.6 is 0 Å². The molecule has 2 fully saturated rings. The van der Waals surface area contributed by atoms with E-state index in [0.29, 0.717) is 26.2 Å². The molecule has 4 heterocycles. The summed E-state index contributed by atoms with van der Waals surface area (Å²) < 4.78 is 5.10. The molecule has 0 atom stereocenters. The molecule has 3 aliphatic rings. The standard InChI is InChI=1S/C19H29N5O3/c1-27-13-17(26)24-9-4-15-18(21-14-20-15)19(24)5-10-23(11-6-19)16(25)12-22-7-2-3-8-22/h14H,2-13H2,1H3,(H,20,21). The molecule has 2 saturated heterocycles. The number of nitrogens with one attached hydrogen (secondary N) is 1. The third-order valence-electron chi connectivity index (χ3n) is 6.33. The lowest BCUT2D eigenvalue weighted by atomic mass is 9.78. The van der Waals surface area contributed by atoms with Crippen molar-refractivity contribution in [2.45, 2.75) is 37.6 Å². The van der Waals surface area contributed by atoms with Crippen molar-refractivity contribution in [1.29, 1.82) is 0 Å². The zero-order valence-electron chi connectivity index (χ0n) is 16.1. The number of methoxy groups -OCH3 is 1. The van der Waals surface area contributed by atoms with E-state index in [1.807, 2.05) is 9.80 Å². The lowest BCUT2D eigenvalue weighted by Crippen LogP contribution is -2.60. The highest BCUT2D eigenvalue weighted by atomic mass is 16.5. The number of rotatable bonds is 4. The number of nitrogens with zero attached hydrogens (tertiary/aromatic N) is 4. The molecule has 0 bridgehead atoms. The number of carbonyl (C=O) groups excluding carboxylic acids is 2. The number of piperidine rings is 1. The molecule has 0 aliphatic carbocycles. The number of ether oxygens (including phenoxy) is 1. The molecule has 0 radical (unpaired) electrons. The first-order valence-corrected chi connectivity index (χ1v) is 9.96. The fourth-order valence-corrected chi connectivity index (χ4v) is 4.91. The van der Waals surface area contributed by atoms with Crippen LogP contribution in [0.1, 0.15) is 37.1 Å². The lowest BCUT2D eigenvalue weighted by Gasteiger charge is -2.50. The molecule has 0 aromatic carbocycles. The minimum Gasteiger partial charge on any atom is -0.375 e. The summed E-state index contributed by atoms with van der Waals surface area (Å²) in [4.78, 5) is 39.4. The van der Waals surface area contributed by atoms with Gasteiger partial charge in [0.25, 0.3) is 0 Å². The highest BCUT2D eigenvalue weighted by molar-refractivity contribution is 5.80. The van der Waals surface area contributed by atoms with Gasteiger partial charge in [0.1, 0.15) is 6.61 Å². The van der Waals surface area contributed by atoms with Gasteiger partial charge in [0.2, 0.25) is 11.8 Å². The summed E-state index contributed by atoms with van der Waals surface area (Å²) in [6.07, 6.45) is 6.34. The van der Waals surface area contributed by atoms with E-state index in [1.54, 1.807) is 13.4 Å². The van der Waals surface area contributed by atoms with Crippen LogP contribution in [0.25, 0.3) is 0 Å². The third kappa shape index (κ3) is 3.36. The molecule has 8 heteroatoms. The minimum absolute atomic E-state index is 0.00277. The van der Waals surface area contributed by atoms with Crippen LogP contribution in [0.2, 0.25) is 0 Å². The van der Waals surface area contributed by atoms with E-state index < -0.39 is 5.54 Å². The molecule has 8 nitrogen and oxygen atoms in total. The molecule has 1 spiro atoms. The molecule has 3 aliphatic heterocycles. The van der Waals surface area contributed by atoms with Gasteiger partial charge in [-0.25, -0.2) is 4.98 Å². The maximum atomic E-state index is 12.7. The maximum Gasteiger partial charge on any atom is 0.249 e. The average Bonchev–Trinajstić information content (AvgIpc) is 3.35. The fourth-order valence-electron chi connectivity index (χ4n) is 4.91. The summed E-state index contributed by atoms with van der Waals surface area (Å²) in [7, 11) is 1.55. The number of likely N-dealkylation sites (tertiary alicyclic amines) is 2. The Morgan fingerprint density at radius 2 is 1.89 bits per heavy atom. The zero-order chi connectivity index (χ0) is 18.9. The second-order valence-corrected chi connectivity index (χ2v) is 7.85. The topological polar surface area (TPSA) is 81.8 Å². The maximum absolute atomic E-state index is 12.7. The quantitative estimate of drug-likeness (QED) is 0.822. The van der Waals surface area contributed by atoms with Crippen molar-refractivity contribution in [3.05, 3.63) is 17.7 Å². The Bertz CT molecular complexity index is 689. The van der Waals surface area contributed by atoms with Gasteiger partial charge in [0, 0.05) is 38.9 Å². The monoisotopic (exact) mass is 375 g/mol. The van der Waals surface area contributed by atoms with Crippen LogP contribution in [-0.4, -0.2) is 89.5 Å². The molecular formula is C19H29N5O3. The van der Waals surface area contributed by atoms with Crippen LogP contribution in [0.4, 0.5) is 0 Å². The lowest BCUT2D eigenvalue weighted by molar-refractivity contribution is -0.148. The number of carbonyl (C=O) groups is 2. The van der Waals surface area contributed by atoms with Crippen LogP contribution in [-0.2, 0) is 26.3 Å². The molecule has 1 aromatic rings. The summed E-state index contributed by atoms with van der Waals surface area (Å²) in [6, 6.07) is 0. The molecule has 1 N–H and O–H groups in total. The smallest absolute Gasteiger partial charge is 0.249 e. The largest absolute Gasteiger partial charge is 0.375 e. The first-order chi connectivity index (χ1) is 13.1. The van der Waals surface area contributed by atoms with Gasteiger partial charge in [0.05, 0.1) is 24.1 Å². The number of fused-ring (bicyclic) bond motifs is 2. The first-order valence-electron chi connectivity index (χ1n) is 9.96. The number of hydrogen-bond acceptors (Lipinski definition) is 5. The molecule has 1 aromatic heterocycles. The Morgan fingerprint density at radius 1 is 1.15 bits per heavy atom. The zero-order valence-corrected chi connectivity index (χ0v) is 16.1. The van der Waals surface area contributed by atoms with Crippen LogP contribution in [0.15, 0.2) is 6.33 Å². The number of aromatic nitrogens is 2. The number of amides is 2. The third-order valence-corrected chi connectivity index (χ3v) is 6.33. The molecule has 148 valence electrons. The highest BCUT2D eigenvalue weighted by Gasteiger charge is 2.49. The van der Waals surface area contributed by atoms with Crippen LogP contribution in [0.3, 0.4) is 0 Å². The fraction of sp³-hybridized carbons (Fsp3) is 0.737. The van der Waals surface area contributed by atoms with Gasteiger partial charge in [-0.05, 0) is 38.8 Å². The molecule has 2 amide bonds. The van der Waals surface area contributed by atoms with Gasteiger partial charge in [-0.1, -0.05) is 0 Å². The number of aromatic amines is 1. The molecule has 0 saturated carbocycles. The summed E-state index contributed by atoms with van der Waals surface area (Å²) in [6.45, 7) is 4.65. The molecule has 27 heavy (non-hydrogen) atoms. The Balaban J connectivity index is 1.49. The van der Waals surface area contributed by atoms with Crippen molar-refractivity contribution in [1.82, 2.24) is 24.7 Å². The van der Waals surface area contributed by atoms with Crippen molar-refractivity contribution in [2.75, 3.05) is 53.0 Å². The Hall–Kier alpha value is -1.93. The highest BCUT2D eigenvalue weighted by Crippen LogP contribution is 2.42. The van der Waals surface area contributed by atoms with Gasteiger partial charge < -0.3 is 19.5 Å². The van der Waals surface area contributed by atoms with Crippen molar-refractivity contribution < 1.29 is 14.3 Å². The van der Waals surface area contributed by atoms with E-state index in [4.69, 9.17) is 4.74 Å². The van der Waals surface area contributed by atoms with E-state index >= 15 is 0 Å². The Kier molecular flexibility index (Phi) is 5.19. The van der Waals surface area contributed by atoms with E-state index in [0.717, 1.165) is 43.7 Å². The Morgan fingerprint density at radius 3 is 2.59 bits per heavy atom. The van der Waals surface area contributed by atoms with Gasteiger partial charge in [-0.2, -0.15) is 0 Å². The van der Waals surface area contributed by atoms with Gasteiger partial charge in [0.15, 0.2) is 0 Å². The predicted octanol–water partition coefficient (Wildman–Crippen LogP) is 0.354. The van der Waals surface area contributed by atoms with Crippen LogP contribution < -0.4 is 0 Å². The van der Waals surface area contributed by atoms with E-state index in [2.05, 4.69) is 14.9 Å². The molecule has 4 rings (SSSR count). The number of hydrogen-bond donors (Lipinski definition) is 1.